The lowest BCUT2D eigenvalue weighted by Gasteiger charge is -2.23. The first-order valence-corrected chi connectivity index (χ1v) is 7.30. The Kier molecular flexibility index (Phi) is 4.71. The van der Waals surface area contributed by atoms with Crippen molar-refractivity contribution in [3.8, 4) is 0 Å². The van der Waals surface area contributed by atoms with Gasteiger partial charge in [-0.15, -0.1) is 0 Å². The minimum atomic E-state index is 0.597. The second kappa shape index (κ2) is 6.12. The highest BCUT2D eigenvalue weighted by molar-refractivity contribution is 6.33. The fourth-order valence-electron chi connectivity index (χ4n) is 2.95. The lowest BCUT2D eigenvalue weighted by Crippen LogP contribution is -2.34. The quantitative estimate of drug-likeness (QED) is 0.919. The molecule has 2 rings (SSSR count). The van der Waals surface area contributed by atoms with E-state index in [9.17, 15) is 0 Å². The summed E-state index contributed by atoms with van der Waals surface area (Å²) in [7, 11) is 4.30. The summed E-state index contributed by atoms with van der Waals surface area (Å²) in [6.07, 6.45) is 0.886. The van der Waals surface area contributed by atoms with E-state index < -0.39 is 0 Å². The summed E-state index contributed by atoms with van der Waals surface area (Å²) in [6.45, 7) is 5.09. The summed E-state index contributed by atoms with van der Waals surface area (Å²) in [6, 6.07) is 6.93. The normalized spacial score (nSPS) is 23.4. The summed E-state index contributed by atoms with van der Waals surface area (Å²) in [5.41, 5.74) is 7.95. The number of nitrogens with two attached hydrogens (primary N) is 1. The monoisotopic (exact) mass is 281 g/mol. The van der Waals surface area contributed by atoms with Crippen LogP contribution < -0.4 is 10.6 Å². The maximum Gasteiger partial charge on any atom is 0.0642 e. The molecule has 0 aliphatic carbocycles. The highest BCUT2D eigenvalue weighted by Gasteiger charge is 2.31. The van der Waals surface area contributed by atoms with Crippen LogP contribution in [-0.4, -0.2) is 44.7 Å². The molecule has 1 heterocycles. The molecule has 19 heavy (non-hydrogen) atoms. The van der Waals surface area contributed by atoms with Gasteiger partial charge in [-0.2, -0.15) is 0 Å². The van der Waals surface area contributed by atoms with Crippen molar-refractivity contribution in [1.82, 2.24) is 4.90 Å². The third-order valence-electron chi connectivity index (χ3n) is 4.02. The van der Waals surface area contributed by atoms with Crippen molar-refractivity contribution in [2.75, 3.05) is 38.6 Å². The maximum absolute atomic E-state index is 6.42. The van der Waals surface area contributed by atoms with E-state index in [1.807, 2.05) is 0 Å². The molecule has 0 aromatic heterocycles. The van der Waals surface area contributed by atoms with E-state index in [0.717, 1.165) is 30.2 Å². The van der Waals surface area contributed by atoms with Gasteiger partial charge in [0.1, 0.15) is 0 Å². The van der Waals surface area contributed by atoms with Crippen LogP contribution in [0.25, 0.3) is 0 Å². The molecule has 106 valence electrons. The average Bonchev–Trinajstić information content (AvgIpc) is 2.72. The highest BCUT2D eigenvalue weighted by Crippen LogP contribution is 2.32. The van der Waals surface area contributed by atoms with Crippen molar-refractivity contribution in [1.29, 1.82) is 0 Å². The van der Waals surface area contributed by atoms with Crippen LogP contribution in [0.2, 0.25) is 5.02 Å². The summed E-state index contributed by atoms with van der Waals surface area (Å²) >= 11 is 6.42. The van der Waals surface area contributed by atoms with Gasteiger partial charge in [0.25, 0.3) is 0 Å². The Morgan fingerprint density at radius 2 is 2.11 bits per heavy atom. The third-order valence-corrected chi connectivity index (χ3v) is 4.32. The summed E-state index contributed by atoms with van der Waals surface area (Å²) in [4.78, 5) is 4.70. The molecule has 1 aliphatic rings. The van der Waals surface area contributed by atoms with Crippen LogP contribution in [0.4, 0.5) is 5.69 Å². The molecule has 2 N–H and O–H groups in total. The summed E-state index contributed by atoms with van der Waals surface area (Å²) in [5, 5.41) is 0.845. The molecule has 1 aromatic rings. The van der Waals surface area contributed by atoms with Crippen LogP contribution in [0.1, 0.15) is 12.5 Å². The van der Waals surface area contributed by atoms with E-state index in [2.05, 4.69) is 49.0 Å². The Balaban J connectivity index is 2.15. The van der Waals surface area contributed by atoms with Crippen molar-refractivity contribution in [3.63, 3.8) is 0 Å². The van der Waals surface area contributed by atoms with Crippen LogP contribution in [0.15, 0.2) is 18.2 Å². The van der Waals surface area contributed by atoms with Crippen LogP contribution in [0.5, 0.6) is 0 Å². The Labute approximate surface area is 121 Å². The van der Waals surface area contributed by atoms with Gasteiger partial charge in [0.15, 0.2) is 0 Å². The molecule has 0 saturated carbocycles. The summed E-state index contributed by atoms with van der Waals surface area (Å²) in [5.74, 6) is 0.662. The largest absolute Gasteiger partial charge is 0.368 e. The Bertz CT molecular complexity index is 433. The van der Waals surface area contributed by atoms with Gasteiger partial charge in [0, 0.05) is 19.1 Å². The van der Waals surface area contributed by atoms with Gasteiger partial charge >= 0.3 is 0 Å². The zero-order valence-corrected chi connectivity index (χ0v) is 12.8. The van der Waals surface area contributed by atoms with E-state index in [4.69, 9.17) is 17.3 Å². The second-order valence-corrected chi connectivity index (χ2v) is 6.14. The number of rotatable bonds is 4. The summed E-state index contributed by atoms with van der Waals surface area (Å²) < 4.78 is 0. The van der Waals surface area contributed by atoms with E-state index in [0.29, 0.717) is 18.5 Å². The minimum absolute atomic E-state index is 0.597. The molecule has 1 fully saturated rings. The standard InChI is InChI=1S/C15H24ClN3/c1-11-9-19(10-15(11)18(2)3)14-5-4-12(6-7-17)8-13(14)16/h4-5,8,11,15H,6-7,9-10,17H2,1-3H3. The van der Waals surface area contributed by atoms with Crippen LogP contribution in [0, 0.1) is 5.92 Å². The number of halogens is 1. The Hall–Kier alpha value is -0.770. The number of anilines is 1. The lowest BCUT2D eigenvalue weighted by molar-refractivity contribution is 0.266. The van der Waals surface area contributed by atoms with E-state index >= 15 is 0 Å². The molecule has 1 aliphatic heterocycles. The molecule has 3 nitrogen and oxygen atoms in total. The van der Waals surface area contributed by atoms with Crippen molar-refractivity contribution in [2.24, 2.45) is 11.7 Å². The fraction of sp³-hybridized carbons (Fsp3) is 0.600. The molecule has 0 amide bonds. The first-order chi connectivity index (χ1) is 9.02. The number of likely N-dealkylation sites (N-methyl/N-ethyl adjacent to an activating group) is 1. The van der Waals surface area contributed by atoms with Crippen molar-refractivity contribution in [3.05, 3.63) is 28.8 Å². The van der Waals surface area contributed by atoms with E-state index in [-0.39, 0.29) is 0 Å². The molecule has 1 saturated heterocycles. The van der Waals surface area contributed by atoms with Gasteiger partial charge in [-0.25, -0.2) is 0 Å². The Morgan fingerprint density at radius 1 is 1.37 bits per heavy atom. The van der Waals surface area contributed by atoms with Gasteiger partial charge in [0.2, 0.25) is 0 Å². The predicted molar refractivity (Wildman–Crippen MR) is 83.1 cm³/mol. The number of nitrogens with zero attached hydrogens (tertiary/aromatic N) is 2. The number of hydrogen-bond acceptors (Lipinski definition) is 3. The maximum atomic E-state index is 6.42. The van der Waals surface area contributed by atoms with Crippen LogP contribution in [-0.2, 0) is 6.42 Å². The van der Waals surface area contributed by atoms with E-state index in [1.54, 1.807) is 0 Å². The van der Waals surface area contributed by atoms with Crippen LogP contribution in [0.3, 0.4) is 0 Å². The third kappa shape index (κ3) is 3.22. The average molecular weight is 282 g/mol. The van der Waals surface area contributed by atoms with Gasteiger partial charge in [-0.1, -0.05) is 24.6 Å². The Morgan fingerprint density at radius 3 is 2.63 bits per heavy atom. The van der Waals surface area contributed by atoms with Gasteiger partial charge in [-0.3, -0.25) is 0 Å². The van der Waals surface area contributed by atoms with Crippen molar-refractivity contribution in [2.45, 2.75) is 19.4 Å². The topological polar surface area (TPSA) is 32.5 Å². The first kappa shape index (κ1) is 14.6. The van der Waals surface area contributed by atoms with Gasteiger partial charge in [0.05, 0.1) is 10.7 Å². The molecule has 0 spiro atoms. The van der Waals surface area contributed by atoms with Gasteiger partial charge < -0.3 is 15.5 Å². The molecule has 0 radical (unpaired) electrons. The van der Waals surface area contributed by atoms with Crippen LogP contribution >= 0.6 is 11.6 Å². The molecule has 4 heteroatoms. The first-order valence-electron chi connectivity index (χ1n) is 6.92. The molecule has 0 bridgehead atoms. The minimum Gasteiger partial charge on any atom is -0.368 e. The van der Waals surface area contributed by atoms with Crippen molar-refractivity contribution >= 4 is 17.3 Å². The number of hydrogen-bond donors (Lipinski definition) is 1. The molecule has 2 atom stereocenters. The number of benzene rings is 1. The predicted octanol–water partition coefficient (Wildman–Crippen LogP) is 2.23. The fourth-order valence-corrected chi connectivity index (χ4v) is 3.27. The molecule has 1 aromatic carbocycles. The zero-order chi connectivity index (χ0) is 14.0. The molecule has 2 unspecified atom stereocenters. The molecular formula is C15H24ClN3. The lowest BCUT2D eigenvalue weighted by atomic mass is 10.1. The molecular weight excluding hydrogens is 258 g/mol. The SMILES string of the molecule is CC1CN(c2ccc(CCN)cc2Cl)CC1N(C)C. The second-order valence-electron chi connectivity index (χ2n) is 5.74. The highest BCUT2D eigenvalue weighted by atomic mass is 35.5. The zero-order valence-electron chi connectivity index (χ0n) is 12.1. The smallest absolute Gasteiger partial charge is 0.0642 e. The van der Waals surface area contributed by atoms with E-state index in [1.165, 1.54) is 5.56 Å². The van der Waals surface area contributed by atoms with Crippen molar-refractivity contribution < 1.29 is 0 Å². The van der Waals surface area contributed by atoms with Gasteiger partial charge in [-0.05, 0) is 50.7 Å².